The molecular weight excluding hydrogens is 252 g/mol. The lowest BCUT2D eigenvalue weighted by Crippen LogP contribution is -2.46. The fraction of sp³-hybridized carbons (Fsp3) is 0.562. The molecule has 1 heterocycles. The van der Waals surface area contributed by atoms with Crippen LogP contribution in [0.2, 0.25) is 0 Å². The largest absolute Gasteiger partial charge is 0.496 e. The van der Waals surface area contributed by atoms with Gasteiger partial charge in [-0.05, 0) is 44.2 Å². The first kappa shape index (κ1) is 15.0. The highest BCUT2D eigenvalue weighted by atomic mass is 16.5. The van der Waals surface area contributed by atoms with Crippen LogP contribution in [-0.2, 0) is 0 Å². The minimum Gasteiger partial charge on any atom is -0.496 e. The summed E-state index contributed by atoms with van der Waals surface area (Å²) < 4.78 is 5.35. The summed E-state index contributed by atoms with van der Waals surface area (Å²) in [7, 11) is 3.79. The van der Waals surface area contributed by atoms with Crippen molar-refractivity contribution in [1.82, 2.24) is 9.80 Å². The molecule has 1 aromatic rings. The van der Waals surface area contributed by atoms with Crippen LogP contribution in [0.5, 0.6) is 5.75 Å². The molecule has 1 saturated heterocycles. The SMILES string of the molecule is COc1c(C)cc(C(=O)CN2CCN(C)CC2)cc1C. The summed E-state index contributed by atoms with van der Waals surface area (Å²) in [5.74, 6) is 1.07. The zero-order valence-corrected chi connectivity index (χ0v) is 12.9. The number of ether oxygens (including phenoxy) is 1. The van der Waals surface area contributed by atoms with Crippen molar-refractivity contribution in [1.29, 1.82) is 0 Å². The van der Waals surface area contributed by atoms with Gasteiger partial charge in [-0.25, -0.2) is 0 Å². The monoisotopic (exact) mass is 276 g/mol. The van der Waals surface area contributed by atoms with E-state index in [0.717, 1.165) is 48.6 Å². The van der Waals surface area contributed by atoms with Crippen LogP contribution >= 0.6 is 0 Å². The molecule has 1 aliphatic rings. The van der Waals surface area contributed by atoms with E-state index in [9.17, 15) is 4.79 Å². The molecule has 4 heteroatoms. The summed E-state index contributed by atoms with van der Waals surface area (Å²) in [5.41, 5.74) is 2.84. The van der Waals surface area contributed by atoms with E-state index in [2.05, 4.69) is 16.8 Å². The van der Waals surface area contributed by atoms with Crippen LogP contribution in [0.15, 0.2) is 12.1 Å². The summed E-state index contributed by atoms with van der Waals surface area (Å²) in [4.78, 5) is 16.9. The van der Waals surface area contributed by atoms with Crippen molar-refractivity contribution >= 4 is 5.78 Å². The van der Waals surface area contributed by atoms with Crippen LogP contribution in [0.4, 0.5) is 0 Å². The molecule has 0 bridgehead atoms. The lowest BCUT2D eigenvalue weighted by Gasteiger charge is -2.31. The number of piperazine rings is 1. The van der Waals surface area contributed by atoms with Crippen molar-refractivity contribution < 1.29 is 9.53 Å². The summed E-state index contributed by atoms with van der Waals surface area (Å²) in [6.45, 7) is 8.49. The van der Waals surface area contributed by atoms with Gasteiger partial charge in [0.25, 0.3) is 0 Å². The number of carbonyl (C=O) groups excluding carboxylic acids is 1. The highest BCUT2D eigenvalue weighted by Gasteiger charge is 2.18. The highest BCUT2D eigenvalue weighted by Crippen LogP contribution is 2.24. The van der Waals surface area contributed by atoms with Crippen LogP contribution in [0.1, 0.15) is 21.5 Å². The Morgan fingerprint density at radius 1 is 1.15 bits per heavy atom. The lowest BCUT2D eigenvalue weighted by molar-refractivity contribution is 0.0876. The summed E-state index contributed by atoms with van der Waals surface area (Å²) in [5, 5.41) is 0. The van der Waals surface area contributed by atoms with E-state index in [1.807, 2.05) is 26.0 Å². The summed E-state index contributed by atoms with van der Waals surface area (Å²) in [6, 6.07) is 3.87. The minimum atomic E-state index is 0.198. The second-order valence-electron chi connectivity index (χ2n) is 5.65. The van der Waals surface area contributed by atoms with E-state index in [-0.39, 0.29) is 5.78 Å². The zero-order valence-electron chi connectivity index (χ0n) is 12.9. The predicted molar refractivity (Wildman–Crippen MR) is 80.7 cm³/mol. The molecule has 0 radical (unpaired) electrons. The predicted octanol–water partition coefficient (Wildman–Crippen LogP) is 1.74. The van der Waals surface area contributed by atoms with Crippen LogP contribution in [0.3, 0.4) is 0 Å². The summed E-state index contributed by atoms with van der Waals surface area (Å²) in [6.07, 6.45) is 0. The van der Waals surface area contributed by atoms with Crippen LogP contribution < -0.4 is 4.74 Å². The van der Waals surface area contributed by atoms with Crippen LogP contribution in [0, 0.1) is 13.8 Å². The first-order valence-electron chi connectivity index (χ1n) is 7.10. The molecule has 0 amide bonds. The van der Waals surface area contributed by atoms with E-state index < -0.39 is 0 Å². The number of carbonyl (C=O) groups is 1. The van der Waals surface area contributed by atoms with E-state index in [1.165, 1.54) is 0 Å². The van der Waals surface area contributed by atoms with Crippen LogP contribution in [0.25, 0.3) is 0 Å². The average molecular weight is 276 g/mol. The Balaban J connectivity index is 2.06. The molecule has 1 fully saturated rings. The maximum absolute atomic E-state index is 12.4. The van der Waals surface area contributed by atoms with E-state index in [0.29, 0.717) is 6.54 Å². The van der Waals surface area contributed by atoms with Crippen molar-refractivity contribution in [2.45, 2.75) is 13.8 Å². The molecule has 1 aromatic carbocycles. The normalized spacial score (nSPS) is 17.2. The zero-order chi connectivity index (χ0) is 14.7. The summed E-state index contributed by atoms with van der Waals surface area (Å²) >= 11 is 0. The van der Waals surface area contributed by atoms with E-state index >= 15 is 0 Å². The smallest absolute Gasteiger partial charge is 0.176 e. The van der Waals surface area contributed by atoms with Gasteiger partial charge in [-0.15, -0.1) is 0 Å². The third-order valence-corrected chi connectivity index (χ3v) is 3.95. The molecule has 0 atom stereocenters. The molecule has 0 spiro atoms. The van der Waals surface area contributed by atoms with Crippen molar-refractivity contribution in [3.05, 3.63) is 28.8 Å². The van der Waals surface area contributed by atoms with Crippen molar-refractivity contribution in [3.63, 3.8) is 0 Å². The van der Waals surface area contributed by atoms with E-state index in [4.69, 9.17) is 4.74 Å². The van der Waals surface area contributed by atoms with Gasteiger partial charge in [0.1, 0.15) is 5.75 Å². The van der Waals surface area contributed by atoms with Gasteiger partial charge < -0.3 is 9.64 Å². The number of methoxy groups -OCH3 is 1. The van der Waals surface area contributed by atoms with Gasteiger partial charge in [0.2, 0.25) is 0 Å². The molecule has 0 aromatic heterocycles. The van der Waals surface area contributed by atoms with Gasteiger partial charge in [-0.3, -0.25) is 9.69 Å². The molecular formula is C16H24N2O2. The Morgan fingerprint density at radius 2 is 1.70 bits per heavy atom. The van der Waals surface area contributed by atoms with Crippen molar-refractivity contribution in [2.24, 2.45) is 0 Å². The molecule has 2 rings (SSSR count). The first-order valence-corrected chi connectivity index (χ1v) is 7.10. The van der Waals surface area contributed by atoms with Gasteiger partial charge in [0.15, 0.2) is 5.78 Å². The topological polar surface area (TPSA) is 32.8 Å². The number of benzene rings is 1. The fourth-order valence-corrected chi connectivity index (χ4v) is 2.73. The van der Waals surface area contributed by atoms with Crippen LogP contribution in [-0.4, -0.2) is 62.5 Å². The number of ketones is 1. The molecule has 1 aliphatic heterocycles. The molecule has 20 heavy (non-hydrogen) atoms. The number of Topliss-reactive ketones (excluding diaryl/α,β-unsaturated/α-hetero) is 1. The molecule has 0 saturated carbocycles. The molecule has 0 N–H and O–H groups in total. The van der Waals surface area contributed by atoms with Gasteiger partial charge in [-0.2, -0.15) is 0 Å². The molecule has 110 valence electrons. The van der Waals surface area contributed by atoms with Gasteiger partial charge >= 0.3 is 0 Å². The maximum atomic E-state index is 12.4. The van der Waals surface area contributed by atoms with E-state index in [1.54, 1.807) is 7.11 Å². The Hall–Kier alpha value is -1.39. The van der Waals surface area contributed by atoms with Crippen molar-refractivity contribution in [2.75, 3.05) is 46.9 Å². The molecule has 0 aliphatic carbocycles. The quantitative estimate of drug-likeness (QED) is 0.784. The number of hydrogen-bond donors (Lipinski definition) is 0. The lowest BCUT2D eigenvalue weighted by atomic mass is 10.0. The number of hydrogen-bond acceptors (Lipinski definition) is 4. The number of nitrogens with zero attached hydrogens (tertiary/aromatic N) is 2. The first-order chi connectivity index (χ1) is 9.51. The standard InChI is InChI=1S/C16H24N2O2/c1-12-9-14(10-13(2)16(12)20-4)15(19)11-18-7-5-17(3)6-8-18/h9-10H,5-8,11H2,1-4H3. The number of likely N-dealkylation sites (N-methyl/N-ethyl adjacent to an activating group) is 1. The van der Waals surface area contributed by atoms with Crippen molar-refractivity contribution in [3.8, 4) is 5.75 Å². The Morgan fingerprint density at radius 3 is 2.20 bits per heavy atom. The molecule has 4 nitrogen and oxygen atoms in total. The van der Waals surface area contributed by atoms with Gasteiger partial charge in [0.05, 0.1) is 13.7 Å². The Bertz CT molecular complexity index is 468. The number of rotatable bonds is 4. The third kappa shape index (κ3) is 3.38. The number of aryl methyl sites for hydroxylation is 2. The average Bonchev–Trinajstić information content (AvgIpc) is 2.41. The third-order valence-electron chi connectivity index (χ3n) is 3.95. The Labute approximate surface area is 121 Å². The van der Waals surface area contributed by atoms with Gasteiger partial charge in [-0.1, -0.05) is 0 Å². The van der Waals surface area contributed by atoms with Gasteiger partial charge in [0, 0.05) is 31.7 Å². The Kier molecular flexibility index (Phi) is 4.78. The second-order valence-corrected chi connectivity index (χ2v) is 5.65. The maximum Gasteiger partial charge on any atom is 0.176 e. The fourth-order valence-electron chi connectivity index (χ4n) is 2.73. The second kappa shape index (κ2) is 6.37. The molecule has 0 unspecified atom stereocenters. The highest BCUT2D eigenvalue weighted by molar-refractivity contribution is 5.98. The minimum absolute atomic E-state index is 0.198.